The van der Waals surface area contributed by atoms with Crippen LogP contribution in [0.5, 0.6) is 0 Å². The van der Waals surface area contributed by atoms with E-state index in [2.05, 4.69) is 15.4 Å². The van der Waals surface area contributed by atoms with Crippen molar-refractivity contribution in [3.8, 4) is 0 Å². The molecule has 0 saturated heterocycles. The Hall–Kier alpha value is -1.68. The Morgan fingerprint density at radius 2 is 1.69 bits per heavy atom. The summed E-state index contributed by atoms with van der Waals surface area (Å²) in [4.78, 5) is 0. The molecule has 4 heteroatoms. The molecule has 0 aliphatic carbocycles. The summed E-state index contributed by atoms with van der Waals surface area (Å²) in [5, 5.41) is 9.33. The van der Waals surface area contributed by atoms with Crippen LogP contribution in [0.1, 0.15) is 5.56 Å². The van der Waals surface area contributed by atoms with Gasteiger partial charge in [0.05, 0.1) is 12.4 Å². The van der Waals surface area contributed by atoms with E-state index in [1.807, 2.05) is 30.3 Å². The standard InChI is InChI=1S/C7H9N.C2H3N3/c8-6-7-4-2-1-3-5-7;1-2-4-5-3-1/h1-5H,6,8H2;1-2H,(H,3,4,5). The average Bonchev–Trinajstić information content (AvgIpc) is 2.77. The Morgan fingerprint density at radius 1 is 1.08 bits per heavy atom. The number of benzene rings is 1. The summed E-state index contributed by atoms with van der Waals surface area (Å²) in [6.07, 6.45) is 3.17. The highest BCUT2D eigenvalue weighted by atomic mass is 15.3. The second-order valence-corrected chi connectivity index (χ2v) is 2.35. The molecule has 1 aromatic carbocycles. The van der Waals surface area contributed by atoms with Crippen molar-refractivity contribution in [1.82, 2.24) is 15.4 Å². The SMILES string of the molecule is NCc1ccccc1.c1cn[nH]n1. The van der Waals surface area contributed by atoms with E-state index < -0.39 is 0 Å². The van der Waals surface area contributed by atoms with Gasteiger partial charge in [-0.1, -0.05) is 30.3 Å². The first-order valence-electron chi connectivity index (χ1n) is 3.97. The number of nitrogens with one attached hydrogen (secondary N) is 1. The Balaban J connectivity index is 0.000000145. The number of hydrogen-bond donors (Lipinski definition) is 2. The third kappa shape index (κ3) is 4.03. The molecular weight excluding hydrogens is 164 g/mol. The summed E-state index contributed by atoms with van der Waals surface area (Å²) >= 11 is 0. The van der Waals surface area contributed by atoms with Gasteiger partial charge in [-0.3, -0.25) is 0 Å². The summed E-state index contributed by atoms with van der Waals surface area (Å²) < 4.78 is 0. The molecule has 0 aliphatic rings. The minimum atomic E-state index is 0.640. The molecule has 3 N–H and O–H groups in total. The summed E-state index contributed by atoms with van der Waals surface area (Å²) in [7, 11) is 0. The lowest BCUT2D eigenvalue weighted by molar-refractivity contribution is 0.940. The normalized spacial score (nSPS) is 8.69. The number of nitrogens with zero attached hydrogens (tertiary/aromatic N) is 2. The summed E-state index contributed by atoms with van der Waals surface area (Å²) in [5.74, 6) is 0. The first-order chi connectivity index (χ1) is 6.43. The van der Waals surface area contributed by atoms with Crippen molar-refractivity contribution in [3.63, 3.8) is 0 Å². The molecule has 0 aliphatic heterocycles. The van der Waals surface area contributed by atoms with Crippen LogP contribution >= 0.6 is 0 Å². The van der Waals surface area contributed by atoms with Gasteiger partial charge < -0.3 is 5.73 Å². The molecule has 2 rings (SSSR count). The number of aromatic amines is 1. The van der Waals surface area contributed by atoms with Gasteiger partial charge in [-0.25, -0.2) is 0 Å². The van der Waals surface area contributed by atoms with Gasteiger partial charge in [0.2, 0.25) is 0 Å². The maximum Gasteiger partial charge on any atom is 0.0690 e. The highest BCUT2D eigenvalue weighted by Crippen LogP contribution is 1.94. The highest BCUT2D eigenvalue weighted by Gasteiger charge is 1.80. The molecule has 0 spiro atoms. The van der Waals surface area contributed by atoms with Crippen LogP contribution in [-0.4, -0.2) is 15.4 Å². The quantitative estimate of drug-likeness (QED) is 0.679. The predicted molar refractivity (Wildman–Crippen MR) is 50.7 cm³/mol. The number of aromatic nitrogens is 3. The summed E-state index contributed by atoms with van der Waals surface area (Å²) in [5.41, 5.74) is 6.54. The first kappa shape index (κ1) is 9.41. The van der Waals surface area contributed by atoms with E-state index in [1.54, 1.807) is 12.4 Å². The van der Waals surface area contributed by atoms with E-state index in [4.69, 9.17) is 5.73 Å². The topological polar surface area (TPSA) is 67.6 Å². The van der Waals surface area contributed by atoms with Crippen LogP contribution in [0.2, 0.25) is 0 Å². The lowest BCUT2D eigenvalue weighted by Gasteiger charge is -1.90. The number of hydrogen-bond acceptors (Lipinski definition) is 3. The van der Waals surface area contributed by atoms with Crippen LogP contribution in [0.25, 0.3) is 0 Å². The zero-order valence-electron chi connectivity index (χ0n) is 7.22. The number of rotatable bonds is 1. The monoisotopic (exact) mass is 176 g/mol. The van der Waals surface area contributed by atoms with Crippen LogP contribution in [0.3, 0.4) is 0 Å². The lowest BCUT2D eigenvalue weighted by atomic mass is 10.2. The molecule has 0 saturated carbocycles. The molecule has 13 heavy (non-hydrogen) atoms. The Labute approximate surface area is 76.8 Å². The van der Waals surface area contributed by atoms with Gasteiger partial charge in [0.1, 0.15) is 0 Å². The van der Waals surface area contributed by atoms with E-state index in [0.717, 1.165) is 0 Å². The van der Waals surface area contributed by atoms with Gasteiger partial charge in [-0.05, 0) is 5.56 Å². The van der Waals surface area contributed by atoms with Crippen molar-refractivity contribution in [2.75, 3.05) is 0 Å². The molecule has 0 radical (unpaired) electrons. The smallest absolute Gasteiger partial charge is 0.0690 e. The highest BCUT2D eigenvalue weighted by molar-refractivity contribution is 5.13. The van der Waals surface area contributed by atoms with Crippen LogP contribution < -0.4 is 5.73 Å². The lowest BCUT2D eigenvalue weighted by Crippen LogP contribution is -1.94. The van der Waals surface area contributed by atoms with E-state index in [0.29, 0.717) is 6.54 Å². The molecule has 0 atom stereocenters. The molecule has 1 heterocycles. The van der Waals surface area contributed by atoms with E-state index >= 15 is 0 Å². The third-order valence-electron chi connectivity index (χ3n) is 1.41. The van der Waals surface area contributed by atoms with Crippen molar-refractivity contribution in [3.05, 3.63) is 48.3 Å². The van der Waals surface area contributed by atoms with Crippen molar-refractivity contribution in [2.45, 2.75) is 6.54 Å². The fraction of sp³-hybridized carbons (Fsp3) is 0.111. The molecule has 0 amide bonds. The second-order valence-electron chi connectivity index (χ2n) is 2.35. The van der Waals surface area contributed by atoms with Gasteiger partial charge >= 0.3 is 0 Å². The van der Waals surface area contributed by atoms with Crippen molar-refractivity contribution < 1.29 is 0 Å². The Morgan fingerprint density at radius 3 is 2.00 bits per heavy atom. The largest absolute Gasteiger partial charge is 0.326 e. The van der Waals surface area contributed by atoms with Gasteiger partial charge in [-0.15, -0.1) is 0 Å². The molecule has 68 valence electrons. The van der Waals surface area contributed by atoms with Gasteiger partial charge in [0.25, 0.3) is 0 Å². The van der Waals surface area contributed by atoms with E-state index in [1.165, 1.54) is 5.56 Å². The van der Waals surface area contributed by atoms with Crippen molar-refractivity contribution in [1.29, 1.82) is 0 Å². The molecule has 4 nitrogen and oxygen atoms in total. The molecule has 0 fully saturated rings. The fourth-order valence-corrected chi connectivity index (χ4v) is 0.781. The van der Waals surface area contributed by atoms with Gasteiger partial charge in [0.15, 0.2) is 0 Å². The van der Waals surface area contributed by atoms with Crippen LogP contribution in [0.4, 0.5) is 0 Å². The molecule has 1 aromatic heterocycles. The fourth-order valence-electron chi connectivity index (χ4n) is 0.781. The van der Waals surface area contributed by atoms with Crippen molar-refractivity contribution >= 4 is 0 Å². The molecular formula is C9H12N4. The van der Waals surface area contributed by atoms with Crippen LogP contribution in [0.15, 0.2) is 42.7 Å². The number of nitrogens with two attached hydrogens (primary N) is 1. The zero-order valence-corrected chi connectivity index (χ0v) is 7.22. The first-order valence-corrected chi connectivity index (χ1v) is 3.97. The van der Waals surface area contributed by atoms with E-state index in [-0.39, 0.29) is 0 Å². The van der Waals surface area contributed by atoms with Crippen LogP contribution in [-0.2, 0) is 6.54 Å². The second kappa shape index (κ2) is 5.91. The maximum atomic E-state index is 5.35. The summed E-state index contributed by atoms with van der Waals surface area (Å²) in [6, 6.07) is 9.99. The predicted octanol–water partition coefficient (Wildman–Crippen LogP) is 0.950. The minimum Gasteiger partial charge on any atom is -0.326 e. The average molecular weight is 176 g/mol. The Kier molecular flexibility index (Phi) is 4.27. The number of H-pyrrole nitrogens is 1. The third-order valence-corrected chi connectivity index (χ3v) is 1.41. The molecule has 0 unspecified atom stereocenters. The van der Waals surface area contributed by atoms with E-state index in [9.17, 15) is 0 Å². The summed E-state index contributed by atoms with van der Waals surface area (Å²) in [6.45, 7) is 0.640. The zero-order chi connectivity index (χ0) is 9.36. The van der Waals surface area contributed by atoms with Crippen molar-refractivity contribution in [2.24, 2.45) is 5.73 Å². The minimum absolute atomic E-state index is 0.640. The molecule has 2 aromatic rings. The van der Waals surface area contributed by atoms with Gasteiger partial charge in [0, 0.05) is 6.54 Å². The van der Waals surface area contributed by atoms with Gasteiger partial charge in [-0.2, -0.15) is 15.4 Å². The Bertz CT molecular complexity index is 273. The van der Waals surface area contributed by atoms with Crippen LogP contribution in [0, 0.1) is 0 Å². The molecule has 0 bridgehead atoms. The maximum absolute atomic E-state index is 5.35.